The van der Waals surface area contributed by atoms with Gasteiger partial charge in [-0.1, -0.05) is 18.9 Å². The maximum Gasteiger partial charge on any atom is 0.0673 e. The average molecular weight is 182 g/mol. The number of allylic oxidation sites excluding steroid dienone is 1. The number of nitrogens with one attached hydrogen (secondary N) is 1. The van der Waals surface area contributed by atoms with Crippen molar-refractivity contribution in [2.45, 2.75) is 39.5 Å². The van der Waals surface area contributed by atoms with Gasteiger partial charge in [-0.3, -0.25) is 4.90 Å². The number of hydrogen-bond donors (Lipinski definition) is 1. The molecule has 76 valence electrons. The third kappa shape index (κ3) is 4.32. The highest BCUT2D eigenvalue weighted by molar-refractivity contribution is 4.94. The Morgan fingerprint density at radius 1 is 1.31 bits per heavy atom. The van der Waals surface area contributed by atoms with Crippen molar-refractivity contribution in [1.82, 2.24) is 10.2 Å². The molecule has 0 radical (unpaired) electrons. The van der Waals surface area contributed by atoms with Crippen molar-refractivity contribution in [3.05, 3.63) is 11.8 Å². The molecule has 1 fully saturated rings. The lowest BCUT2D eigenvalue weighted by molar-refractivity contribution is 0.221. The van der Waals surface area contributed by atoms with E-state index in [1.807, 2.05) is 0 Å². The molecule has 0 aliphatic carbocycles. The van der Waals surface area contributed by atoms with E-state index in [-0.39, 0.29) is 0 Å². The standard InChI is InChI=1S/C11H22N2/c1-3-11(2)9-12-10-13-7-5-4-6-8-13/h9,12H,3-8,10H2,1-2H3/b11-9-. The third-order valence-electron chi connectivity index (χ3n) is 2.67. The molecule has 1 aliphatic heterocycles. The van der Waals surface area contributed by atoms with Crippen LogP contribution in [0.4, 0.5) is 0 Å². The van der Waals surface area contributed by atoms with Crippen molar-refractivity contribution in [2.75, 3.05) is 19.8 Å². The predicted molar refractivity (Wildman–Crippen MR) is 57.5 cm³/mol. The molecule has 1 heterocycles. The molecular formula is C11H22N2. The van der Waals surface area contributed by atoms with Gasteiger partial charge in [-0.15, -0.1) is 0 Å². The Balaban J connectivity index is 2.10. The van der Waals surface area contributed by atoms with Gasteiger partial charge in [0.05, 0.1) is 6.67 Å². The molecule has 0 amide bonds. The summed E-state index contributed by atoms with van der Waals surface area (Å²) in [6.07, 6.45) is 7.46. The number of nitrogens with zero attached hydrogens (tertiary/aromatic N) is 1. The van der Waals surface area contributed by atoms with Gasteiger partial charge in [-0.05, 0) is 45.5 Å². The van der Waals surface area contributed by atoms with Gasteiger partial charge < -0.3 is 5.32 Å². The minimum Gasteiger partial charge on any atom is -0.378 e. The van der Waals surface area contributed by atoms with E-state index in [1.54, 1.807) is 0 Å². The van der Waals surface area contributed by atoms with Crippen molar-refractivity contribution in [2.24, 2.45) is 0 Å². The van der Waals surface area contributed by atoms with Crippen LogP contribution in [0.15, 0.2) is 11.8 Å². The summed E-state index contributed by atoms with van der Waals surface area (Å²) < 4.78 is 0. The monoisotopic (exact) mass is 182 g/mol. The van der Waals surface area contributed by atoms with Gasteiger partial charge in [0.1, 0.15) is 0 Å². The molecule has 0 unspecified atom stereocenters. The van der Waals surface area contributed by atoms with Gasteiger partial charge >= 0.3 is 0 Å². The van der Waals surface area contributed by atoms with E-state index >= 15 is 0 Å². The lowest BCUT2D eigenvalue weighted by atomic mass is 10.1. The predicted octanol–water partition coefficient (Wildman–Crippen LogP) is 2.33. The van der Waals surface area contributed by atoms with Crippen molar-refractivity contribution in [1.29, 1.82) is 0 Å². The van der Waals surface area contributed by atoms with Gasteiger partial charge in [0.15, 0.2) is 0 Å². The molecule has 1 aliphatic rings. The van der Waals surface area contributed by atoms with Crippen molar-refractivity contribution in [3.63, 3.8) is 0 Å². The van der Waals surface area contributed by atoms with E-state index in [1.165, 1.54) is 37.9 Å². The summed E-state index contributed by atoms with van der Waals surface area (Å²) in [4.78, 5) is 2.49. The summed E-state index contributed by atoms with van der Waals surface area (Å²) in [6, 6.07) is 0. The van der Waals surface area contributed by atoms with Crippen LogP contribution >= 0.6 is 0 Å². The minimum absolute atomic E-state index is 1.03. The van der Waals surface area contributed by atoms with Crippen LogP contribution in [0.3, 0.4) is 0 Å². The van der Waals surface area contributed by atoms with E-state index in [0.29, 0.717) is 0 Å². The van der Waals surface area contributed by atoms with Crippen LogP contribution < -0.4 is 5.32 Å². The normalized spacial score (nSPS) is 20.3. The highest BCUT2D eigenvalue weighted by Crippen LogP contribution is 2.06. The van der Waals surface area contributed by atoms with E-state index in [0.717, 1.165) is 13.1 Å². The van der Waals surface area contributed by atoms with Gasteiger partial charge in [-0.2, -0.15) is 0 Å². The molecule has 0 aromatic carbocycles. The first-order chi connectivity index (χ1) is 6.33. The van der Waals surface area contributed by atoms with Crippen LogP contribution in [0.1, 0.15) is 39.5 Å². The molecule has 0 spiro atoms. The van der Waals surface area contributed by atoms with Crippen LogP contribution in [-0.2, 0) is 0 Å². The second-order valence-corrected chi connectivity index (χ2v) is 3.89. The second-order valence-electron chi connectivity index (χ2n) is 3.89. The molecule has 0 saturated carbocycles. The first-order valence-corrected chi connectivity index (χ1v) is 5.44. The number of rotatable bonds is 4. The van der Waals surface area contributed by atoms with Crippen LogP contribution in [0.2, 0.25) is 0 Å². The molecule has 2 nitrogen and oxygen atoms in total. The minimum atomic E-state index is 1.03. The number of hydrogen-bond acceptors (Lipinski definition) is 2. The van der Waals surface area contributed by atoms with E-state index in [2.05, 4.69) is 30.3 Å². The maximum atomic E-state index is 3.37. The molecule has 13 heavy (non-hydrogen) atoms. The lowest BCUT2D eigenvalue weighted by Crippen LogP contribution is -2.36. The van der Waals surface area contributed by atoms with Gasteiger partial charge in [-0.25, -0.2) is 0 Å². The first-order valence-electron chi connectivity index (χ1n) is 5.44. The number of piperidine rings is 1. The Labute approximate surface area is 82.0 Å². The Bertz CT molecular complexity index is 157. The SMILES string of the molecule is CC/C(C)=C\NCN1CCCCC1. The van der Waals surface area contributed by atoms with Crippen LogP contribution in [-0.4, -0.2) is 24.7 Å². The summed E-state index contributed by atoms with van der Waals surface area (Å²) in [5.74, 6) is 0. The highest BCUT2D eigenvalue weighted by Gasteiger charge is 2.07. The lowest BCUT2D eigenvalue weighted by Gasteiger charge is -2.26. The third-order valence-corrected chi connectivity index (χ3v) is 2.67. The van der Waals surface area contributed by atoms with Crippen LogP contribution in [0.25, 0.3) is 0 Å². The van der Waals surface area contributed by atoms with Crippen molar-refractivity contribution >= 4 is 0 Å². The zero-order chi connectivity index (χ0) is 9.52. The van der Waals surface area contributed by atoms with E-state index < -0.39 is 0 Å². The molecular weight excluding hydrogens is 160 g/mol. The summed E-state index contributed by atoms with van der Waals surface area (Å²) in [5, 5.41) is 3.37. The largest absolute Gasteiger partial charge is 0.378 e. The summed E-state index contributed by atoms with van der Waals surface area (Å²) in [5.41, 5.74) is 1.43. The van der Waals surface area contributed by atoms with E-state index in [4.69, 9.17) is 0 Å². The molecule has 1 rings (SSSR count). The molecule has 0 aromatic heterocycles. The van der Waals surface area contributed by atoms with Crippen molar-refractivity contribution in [3.8, 4) is 0 Å². The quantitative estimate of drug-likeness (QED) is 0.718. The summed E-state index contributed by atoms with van der Waals surface area (Å²) in [6.45, 7) is 7.92. The fourth-order valence-electron chi connectivity index (χ4n) is 1.57. The molecule has 0 aromatic rings. The van der Waals surface area contributed by atoms with Gasteiger partial charge in [0, 0.05) is 0 Å². The Kier molecular flexibility index (Phi) is 4.91. The first kappa shape index (κ1) is 10.6. The van der Waals surface area contributed by atoms with Gasteiger partial charge in [0.25, 0.3) is 0 Å². The average Bonchev–Trinajstić information content (AvgIpc) is 2.19. The maximum absolute atomic E-state index is 3.37. The van der Waals surface area contributed by atoms with Gasteiger partial charge in [0.2, 0.25) is 0 Å². The molecule has 1 N–H and O–H groups in total. The zero-order valence-corrected chi connectivity index (χ0v) is 8.97. The number of likely N-dealkylation sites (tertiary alicyclic amines) is 1. The van der Waals surface area contributed by atoms with Crippen molar-refractivity contribution < 1.29 is 0 Å². The molecule has 1 saturated heterocycles. The molecule has 0 bridgehead atoms. The van der Waals surface area contributed by atoms with E-state index in [9.17, 15) is 0 Å². The topological polar surface area (TPSA) is 15.3 Å². The highest BCUT2D eigenvalue weighted by atomic mass is 15.2. The van der Waals surface area contributed by atoms with Crippen LogP contribution in [0, 0.1) is 0 Å². The second kappa shape index (κ2) is 6.03. The Morgan fingerprint density at radius 2 is 2.00 bits per heavy atom. The Hall–Kier alpha value is -0.500. The molecule has 0 atom stereocenters. The zero-order valence-electron chi connectivity index (χ0n) is 8.97. The summed E-state index contributed by atoms with van der Waals surface area (Å²) >= 11 is 0. The fraction of sp³-hybridized carbons (Fsp3) is 0.818. The summed E-state index contributed by atoms with van der Waals surface area (Å²) in [7, 11) is 0. The fourth-order valence-corrected chi connectivity index (χ4v) is 1.57. The Morgan fingerprint density at radius 3 is 2.62 bits per heavy atom. The molecule has 2 heteroatoms. The van der Waals surface area contributed by atoms with Crippen LogP contribution in [0.5, 0.6) is 0 Å². The smallest absolute Gasteiger partial charge is 0.0673 e.